The summed E-state index contributed by atoms with van der Waals surface area (Å²) in [7, 11) is 0. The van der Waals surface area contributed by atoms with Gasteiger partial charge in [0.25, 0.3) is 0 Å². The van der Waals surface area contributed by atoms with Crippen molar-refractivity contribution >= 4 is 23.9 Å². The van der Waals surface area contributed by atoms with Gasteiger partial charge >= 0.3 is 23.9 Å². The van der Waals surface area contributed by atoms with Crippen LogP contribution in [0.3, 0.4) is 0 Å². The van der Waals surface area contributed by atoms with Crippen LogP contribution in [0.15, 0.2) is 0 Å². The Morgan fingerprint density at radius 3 is 1.09 bits per heavy atom. The minimum atomic E-state index is -0.410. The van der Waals surface area contributed by atoms with Gasteiger partial charge in [0, 0.05) is 37.3 Å². The highest BCUT2D eigenvalue weighted by atomic mass is 16.6. The first-order chi connectivity index (χ1) is 46.7. The first-order valence-corrected chi connectivity index (χ1v) is 40.0. The molecule has 4 aliphatic rings. The normalized spacial score (nSPS) is 19.9. The third-order valence-electron chi connectivity index (χ3n) is 23.4. The van der Waals surface area contributed by atoms with E-state index in [1.54, 1.807) is 0 Å². The Balaban J connectivity index is 0.740. The minimum absolute atomic E-state index is 0.00790. The number of carbonyl (C=O) groups excluding carboxylic acids is 4. The summed E-state index contributed by atoms with van der Waals surface area (Å²) in [6, 6.07) is 0. The second-order valence-corrected chi connectivity index (χ2v) is 33.2. The van der Waals surface area contributed by atoms with Crippen molar-refractivity contribution in [2.75, 3.05) is 65.6 Å². The van der Waals surface area contributed by atoms with Crippen molar-refractivity contribution in [1.29, 1.82) is 0 Å². The van der Waals surface area contributed by atoms with E-state index < -0.39 is 11.9 Å². The average Bonchev–Trinajstić information content (AvgIpc) is 0.767. The van der Waals surface area contributed by atoms with E-state index in [1.807, 2.05) is 27.7 Å². The van der Waals surface area contributed by atoms with Gasteiger partial charge in [-0.25, -0.2) is 0 Å². The summed E-state index contributed by atoms with van der Waals surface area (Å²) in [5, 5.41) is 0. The fraction of sp³-hybridized carbons (Fsp3) is 0.810. The molecule has 4 aliphatic heterocycles. The maximum Gasteiger partial charge on any atom is 0.311 e. The molecule has 0 aliphatic carbocycles. The van der Waals surface area contributed by atoms with Crippen LogP contribution >= 0.6 is 0 Å². The molecule has 558 valence electrons. The molecular weight excluding hydrogens is 1220 g/mol. The Labute approximate surface area is 597 Å². The van der Waals surface area contributed by atoms with Crippen LogP contribution in [0.25, 0.3) is 0 Å². The smallest absolute Gasteiger partial charge is 0.311 e. The van der Waals surface area contributed by atoms with E-state index in [-0.39, 0.29) is 48.8 Å². The molecule has 2 N–H and O–H groups in total. The topological polar surface area (TPSA) is 154 Å². The van der Waals surface area contributed by atoms with Crippen molar-refractivity contribution < 1.29 is 47.6 Å². The molecule has 14 nitrogen and oxygen atoms in total. The van der Waals surface area contributed by atoms with Gasteiger partial charge in [-0.2, -0.15) is 0 Å². The largest absolute Gasteiger partial charge is 0.487 e. The number of hydrogen-bond acceptors (Lipinski definition) is 14. The number of esters is 4. The number of rotatable bonds is 45. The van der Waals surface area contributed by atoms with Gasteiger partial charge in [-0.3, -0.25) is 30.0 Å². The zero-order valence-electron chi connectivity index (χ0n) is 65.3. The van der Waals surface area contributed by atoms with Crippen LogP contribution in [0.2, 0.25) is 0 Å². The van der Waals surface area contributed by atoms with Crippen LogP contribution in [0, 0.1) is 88.9 Å². The standard InChI is InChI=1S/C84H142N4O10/c1-59(2)23-17-25-61(5)27-19-29-63(7)31-21-45-83(15)47-37-73-69(13)79(65(9)67(11)81(73)97-83)95-77(91)35-33-75(89)93-57-43-71-39-51-87(52-40-71)55-49-85-86-50-56-88-53-41-72(42-54-88)44-58-94-76(90)34-36-78(92)96-80-66(10)68(12)82-74(70(80)14)38-48-84(16,98-82)46-22-32-64(8)30-20-28-62(6)26-18-24-60(3)4/h59-64,71-72,85-86H,17-58H2,1-16H3. The summed E-state index contributed by atoms with van der Waals surface area (Å²) in [6.45, 7) is 44.3. The number of ether oxygens (including phenoxy) is 6. The number of carbonyl (C=O) groups is 4. The highest BCUT2D eigenvalue weighted by Gasteiger charge is 2.37. The maximum absolute atomic E-state index is 13.2. The van der Waals surface area contributed by atoms with E-state index in [1.165, 1.54) is 103 Å². The molecule has 2 aromatic carbocycles. The highest BCUT2D eigenvalue weighted by Crippen LogP contribution is 2.47. The quantitative estimate of drug-likeness (QED) is 0.0280. The first-order valence-electron chi connectivity index (χ1n) is 40.0. The number of piperidine rings is 2. The Kier molecular flexibility index (Phi) is 35.8. The van der Waals surface area contributed by atoms with Gasteiger partial charge < -0.3 is 38.2 Å². The molecule has 0 bridgehead atoms. The van der Waals surface area contributed by atoms with Gasteiger partial charge in [-0.1, -0.05) is 145 Å². The second kappa shape index (κ2) is 42.4. The molecule has 2 fully saturated rings. The van der Waals surface area contributed by atoms with Crippen molar-refractivity contribution in [2.24, 2.45) is 47.3 Å². The molecule has 0 radical (unpaired) electrons. The Hall–Kier alpha value is -4.24. The van der Waals surface area contributed by atoms with Crippen LogP contribution in [-0.2, 0) is 41.5 Å². The van der Waals surface area contributed by atoms with Crippen LogP contribution in [0.1, 0.15) is 306 Å². The summed E-state index contributed by atoms with van der Waals surface area (Å²) in [5.41, 5.74) is 14.5. The third kappa shape index (κ3) is 28.5. The predicted molar refractivity (Wildman–Crippen MR) is 401 cm³/mol. The molecule has 2 aromatic rings. The lowest BCUT2D eigenvalue weighted by atomic mass is 9.83. The van der Waals surface area contributed by atoms with Crippen molar-refractivity contribution in [2.45, 2.75) is 327 Å². The van der Waals surface area contributed by atoms with Crippen LogP contribution in [0.5, 0.6) is 23.0 Å². The Morgan fingerprint density at radius 1 is 0.439 bits per heavy atom. The predicted octanol–water partition coefficient (Wildman–Crippen LogP) is 19.0. The molecule has 0 amide bonds. The molecule has 4 heterocycles. The molecule has 0 saturated carbocycles. The number of likely N-dealkylation sites (tertiary alicyclic amines) is 2. The lowest BCUT2D eigenvalue weighted by Gasteiger charge is -2.38. The van der Waals surface area contributed by atoms with E-state index in [0.29, 0.717) is 36.5 Å². The summed E-state index contributed by atoms with van der Waals surface area (Å²) < 4.78 is 37.0. The summed E-state index contributed by atoms with van der Waals surface area (Å²) in [4.78, 5) is 56.9. The van der Waals surface area contributed by atoms with E-state index in [2.05, 4.69) is 104 Å². The van der Waals surface area contributed by atoms with E-state index in [9.17, 15) is 19.2 Å². The van der Waals surface area contributed by atoms with Crippen molar-refractivity contribution in [3.63, 3.8) is 0 Å². The van der Waals surface area contributed by atoms with Gasteiger partial charge in [0.2, 0.25) is 0 Å². The molecule has 6 unspecified atom stereocenters. The van der Waals surface area contributed by atoms with Crippen LogP contribution < -0.4 is 29.8 Å². The van der Waals surface area contributed by atoms with Gasteiger partial charge in [0.15, 0.2) is 0 Å². The van der Waals surface area contributed by atoms with Crippen molar-refractivity contribution in [1.82, 2.24) is 20.7 Å². The van der Waals surface area contributed by atoms with Gasteiger partial charge in [-0.05, 0) is 252 Å². The lowest BCUT2D eigenvalue weighted by molar-refractivity contribution is -0.147. The maximum atomic E-state index is 13.2. The van der Waals surface area contributed by atoms with E-state index in [0.717, 1.165) is 221 Å². The number of benzene rings is 2. The average molecular weight is 1370 g/mol. The third-order valence-corrected chi connectivity index (χ3v) is 23.4. The van der Waals surface area contributed by atoms with E-state index in [4.69, 9.17) is 28.4 Å². The fourth-order valence-electron chi connectivity index (χ4n) is 16.0. The summed E-state index contributed by atoms with van der Waals surface area (Å²) in [6.07, 6.45) is 32.7. The molecule has 0 aromatic heterocycles. The zero-order chi connectivity index (χ0) is 71.4. The van der Waals surface area contributed by atoms with Gasteiger partial charge in [0.05, 0.1) is 38.9 Å². The Morgan fingerprint density at radius 2 is 0.755 bits per heavy atom. The Bertz CT molecular complexity index is 2560. The number of nitrogens with one attached hydrogen (secondary N) is 2. The molecule has 2 saturated heterocycles. The molecular formula is C84H142N4O10. The summed E-state index contributed by atoms with van der Waals surface area (Å²) >= 11 is 0. The van der Waals surface area contributed by atoms with E-state index >= 15 is 0 Å². The zero-order valence-corrected chi connectivity index (χ0v) is 65.3. The minimum Gasteiger partial charge on any atom is -0.487 e. The van der Waals surface area contributed by atoms with Crippen LogP contribution in [-0.4, -0.2) is 110 Å². The monoisotopic (exact) mass is 1370 g/mol. The van der Waals surface area contributed by atoms with Crippen molar-refractivity contribution in [3.8, 4) is 23.0 Å². The number of nitrogens with zero attached hydrogens (tertiary/aromatic N) is 2. The SMILES string of the molecule is Cc1c(C)c2c(c(C)c1OC(=O)CCC(=O)OCCC1CCN(CCNNCCN3CCC(CCOC(=O)CCC(=O)Oc4c(C)c(C)c5c(c4C)CCC(C)(CCCC(C)CCCC(C)CCCC(C)C)O5)CC3)CC1)CCC(C)(CCCC(C)CCCC(C)CCCC(C)C)O2. The molecule has 98 heavy (non-hydrogen) atoms. The first kappa shape index (κ1) is 82.7. The second-order valence-electron chi connectivity index (χ2n) is 33.2. The fourth-order valence-corrected chi connectivity index (χ4v) is 16.0. The highest BCUT2D eigenvalue weighted by molar-refractivity contribution is 5.81. The summed E-state index contributed by atoms with van der Waals surface area (Å²) in [5.74, 6) is 7.39. The van der Waals surface area contributed by atoms with Gasteiger partial charge in [-0.15, -0.1) is 0 Å². The lowest BCUT2D eigenvalue weighted by Crippen LogP contribution is -2.45. The van der Waals surface area contributed by atoms with Gasteiger partial charge in [0.1, 0.15) is 34.2 Å². The number of fused-ring (bicyclic) bond motifs is 2. The van der Waals surface area contributed by atoms with Crippen molar-refractivity contribution in [3.05, 3.63) is 44.5 Å². The molecule has 6 atom stereocenters. The van der Waals surface area contributed by atoms with Crippen LogP contribution in [0.4, 0.5) is 0 Å². The molecule has 14 heteroatoms. The molecule has 0 spiro atoms. The number of hydrazine groups is 1. The number of hydrogen-bond donors (Lipinski definition) is 2. The molecule has 6 rings (SSSR count).